The topological polar surface area (TPSA) is 192 Å². The van der Waals surface area contributed by atoms with Crippen LogP contribution in [0.4, 0.5) is 0 Å². The number of esters is 1. The van der Waals surface area contributed by atoms with Gasteiger partial charge in [0.1, 0.15) is 0 Å². The summed E-state index contributed by atoms with van der Waals surface area (Å²) >= 11 is 0. The minimum atomic E-state index is -4.53. The predicted molar refractivity (Wildman–Crippen MR) is 107 cm³/mol. The Morgan fingerprint density at radius 1 is 0.833 bits per heavy atom. The maximum atomic E-state index is 12.3. The van der Waals surface area contributed by atoms with Gasteiger partial charge in [0, 0.05) is 25.0 Å². The molecule has 0 saturated heterocycles. The van der Waals surface area contributed by atoms with E-state index in [9.17, 15) is 34.6 Å². The molecular formula is C15H31NO11S3. The first-order chi connectivity index (χ1) is 13.6. The molecule has 180 valence electrons. The summed E-state index contributed by atoms with van der Waals surface area (Å²) in [5, 5.41) is 0. The van der Waals surface area contributed by atoms with E-state index < -0.39 is 53.6 Å². The van der Waals surface area contributed by atoms with Gasteiger partial charge >= 0.3 is 5.97 Å². The van der Waals surface area contributed by atoms with Crippen molar-refractivity contribution >= 4 is 36.3 Å². The molecule has 0 aliphatic carbocycles. The Morgan fingerprint density at radius 2 is 1.27 bits per heavy atom. The van der Waals surface area contributed by atoms with Gasteiger partial charge in [0.15, 0.2) is 6.54 Å². The third kappa shape index (κ3) is 16.9. The summed E-state index contributed by atoms with van der Waals surface area (Å²) in [6, 6.07) is 0. The van der Waals surface area contributed by atoms with E-state index in [-0.39, 0.29) is 56.5 Å². The molecule has 0 radical (unpaired) electrons. The van der Waals surface area contributed by atoms with E-state index >= 15 is 0 Å². The molecule has 0 spiro atoms. The monoisotopic (exact) mass is 497 g/mol. The van der Waals surface area contributed by atoms with Crippen LogP contribution in [0.15, 0.2) is 0 Å². The van der Waals surface area contributed by atoms with Crippen LogP contribution in [0.5, 0.6) is 0 Å². The lowest BCUT2D eigenvalue weighted by Gasteiger charge is -2.38. The van der Waals surface area contributed by atoms with Crippen molar-refractivity contribution in [3.63, 3.8) is 0 Å². The zero-order valence-corrected chi connectivity index (χ0v) is 19.4. The van der Waals surface area contributed by atoms with Gasteiger partial charge in [-0.15, -0.1) is 0 Å². The zero-order chi connectivity index (χ0) is 23.5. The molecule has 0 atom stereocenters. The predicted octanol–water partition coefficient (Wildman–Crippen LogP) is -0.362. The summed E-state index contributed by atoms with van der Waals surface area (Å²) in [5.74, 6) is -2.59. The van der Waals surface area contributed by atoms with Crippen LogP contribution in [0, 0.1) is 0 Å². The molecule has 2 N–H and O–H groups in total. The second-order valence-electron chi connectivity index (χ2n) is 7.14. The third-order valence-corrected chi connectivity index (χ3v) is 6.72. The number of carbonyl (C=O) groups is 1. The molecule has 0 aliphatic heterocycles. The molecule has 0 saturated carbocycles. The van der Waals surface area contributed by atoms with Crippen LogP contribution in [-0.4, -0.2) is 99.4 Å². The molecule has 0 aromatic rings. The van der Waals surface area contributed by atoms with E-state index in [1.807, 2.05) is 6.92 Å². The normalized spacial score (nSPS) is 13.3. The van der Waals surface area contributed by atoms with Crippen molar-refractivity contribution in [2.45, 2.75) is 39.0 Å². The number of carbonyl (C=O) groups excluding carboxylic acids is 1. The van der Waals surface area contributed by atoms with Gasteiger partial charge in [0.2, 0.25) is 0 Å². The van der Waals surface area contributed by atoms with Gasteiger partial charge < -0.3 is 13.8 Å². The fourth-order valence-electron chi connectivity index (χ4n) is 2.96. The molecular weight excluding hydrogens is 466 g/mol. The Labute approximate surface area is 178 Å². The quantitative estimate of drug-likeness (QED) is 0.115. The number of hydrogen-bond acceptors (Lipinski definition) is 9. The minimum absolute atomic E-state index is 0.0208. The molecule has 0 heterocycles. The summed E-state index contributed by atoms with van der Waals surface area (Å²) in [6.07, 6.45) is 1.04. The van der Waals surface area contributed by atoms with E-state index in [0.717, 1.165) is 6.42 Å². The molecule has 0 aliphatic rings. The summed E-state index contributed by atoms with van der Waals surface area (Å²) in [7, 11) is -13.1. The summed E-state index contributed by atoms with van der Waals surface area (Å²) in [6.45, 7) is 1.66. The molecule has 0 aromatic heterocycles. The Bertz CT molecular complexity index is 742. The molecule has 0 bridgehead atoms. The van der Waals surface area contributed by atoms with Gasteiger partial charge in [-0.1, -0.05) is 13.3 Å². The number of nitrogens with zero attached hydrogens (tertiary/aromatic N) is 1. The Hall–Kier alpha value is -0.840. The lowest BCUT2D eigenvalue weighted by Crippen LogP contribution is -2.54. The van der Waals surface area contributed by atoms with E-state index in [1.165, 1.54) is 0 Å². The van der Waals surface area contributed by atoms with Gasteiger partial charge in [-0.3, -0.25) is 9.11 Å². The van der Waals surface area contributed by atoms with Crippen molar-refractivity contribution in [1.82, 2.24) is 0 Å². The van der Waals surface area contributed by atoms with Gasteiger partial charge in [0.25, 0.3) is 20.2 Å². The van der Waals surface area contributed by atoms with E-state index in [4.69, 9.17) is 13.8 Å². The van der Waals surface area contributed by atoms with E-state index in [1.54, 1.807) is 0 Å². The van der Waals surface area contributed by atoms with Gasteiger partial charge in [-0.05, 0) is 6.42 Å². The maximum absolute atomic E-state index is 12.3. The smallest absolute Gasteiger partial charge is 0.361 e. The van der Waals surface area contributed by atoms with Crippen molar-refractivity contribution in [1.29, 1.82) is 0 Å². The largest absolute Gasteiger partial charge is 0.748 e. The van der Waals surface area contributed by atoms with Crippen molar-refractivity contribution in [2.75, 3.05) is 50.0 Å². The Kier molecular flexibility index (Phi) is 12.5. The highest BCUT2D eigenvalue weighted by molar-refractivity contribution is 7.86. The first kappa shape index (κ1) is 29.2. The summed E-state index contributed by atoms with van der Waals surface area (Å²) < 4.78 is 99.6. The standard InChI is InChI=1S/C15H31NO11S3/c1-2-3-10-27-15(17)14-16(7-4-11-28(18,19)20,8-5-12-29(21,22)23)9-6-13-30(24,25)26/h2-14H2,1H3,(H2-,18,19,20,21,22,23,24,25,26). The van der Waals surface area contributed by atoms with Crippen molar-refractivity contribution in [3.05, 3.63) is 0 Å². The van der Waals surface area contributed by atoms with Crippen molar-refractivity contribution in [3.8, 4) is 0 Å². The third-order valence-electron chi connectivity index (χ3n) is 4.32. The van der Waals surface area contributed by atoms with E-state index in [0.29, 0.717) is 6.42 Å². The highest BCUT2D eigenvalue weighted by atomic mass is 32.2. The van der Waals surface area contributed by atoms with Crippen LogP contribution >= 0.6 is 0 Å². The molecule has 0 fully saturated rings. The number of ether oxygens (including phenoxy) is 1. The summed E-state index contributed by atoms with van der Waals surface area (Å²) in [5.41, 5.74) is 0. The number of hydrogen-bond donors (Lipinski definition) is 2. The summed E-state index contributed by atoms with van der Waals surface area (Å²) in [4.78, 5) is 12.3. The fourth-order valence-corrected chi connectivity index (χ4v) is 4.43. The average molecular weight is 498 g/mol. The van der Waals surface area contributed by atoms with Crippen molar-refractivity contribution in [2.24, 2.45) is 0 Å². The average Bonchev–Trinajstić information content (AvgIpc) is 2.51. The molecule has 0 amide bonds. The molecule has 0 rings (SSSR count). The lowest BCUT2D eigenvalue weighted by atomic mass is 10.2. The fraction of sp³-hybridized carbons (Fsp3) is 0.933. The Morgan fingerprint density at radius 3 is 1.63 bits per heavy atom. The highest BCUT2D eigenvalue weighted by Crippen LogP contribution is 2.15. The van der Waals surface area contributed by atoms with Crippen LogP contribution in [0.1, 0.15) is 39.0 Å². The minimum Gasteiger partial charge on any atom is -0.748 e. The lowest BCUT2D eigenvalue weighted by molar-refractivity contribution is -0.921. The SMILES string of the molecule is CCCCOC(=O)C[N+](CCCS(=O)(=O)[O-])(CCCS(=O)(=O)O)CCCS(=O)(=O)O. The first-order valence-electron chi connectivity index (χ1n) is 9.42. The zero-order valence-electron chi connectivity index (χ0n) is 16.9. The molecule has 0 unspecified atom stereocenters. The van der Waals surface area contributed by atoms with Crippen LogP contribution in [0.2, 0.25) is 0 Å². The van der Waals surface area contributed by atoms with Gasteiger partial charge in [-0.25, -0.2) is 13.2 Å². The second-order valence-corrected chi connectivity index (χ2v) is 11.8. The van der Waals surface area contributed by atoms with Gasteiger partial charge in [-0.2, -0.15) is 16.8 Å². The highest BCUT2D eigenvalue weighted by Gasteiger charge is 2.32. The number of unbranched alkanes of at least 4 members (excludes halogenated alkanes) is 1. The van der Waals surface area contributed by atoms with Gasteiger partial charge in [0.05, 0.1) is 47.9 Å². The van der Waals surface area contributed by atoms with Crippen LogP contribution in [0.3, 0.4) is 0 Å². The number of rotatable bonds is 17. The molecule has 0 aromatic carbocycles. The van der Waals surface area contributed by atoms with Crippen molar-refractivity contribution < 1.29 is 52.9 Å². The maximum Gasteiger partial charge on any atom is 0.361 e. The number of quaternary nitrogens is 1. The van der Waals surface area contributed by atoms with Crippen LogP contribution in [0.25, 0.3) is 0 Å². The molecule has 15 heteroatoms. The Balaban J connectivity index is 5.48. The molecule has 12 nitrogen and oxygen atoms in total. The van der Waals surface area contributed by atoms with Crippen LogP contribution in [-0.2, 0) is 39.9 Å². The second kappa shape index (κ2) is 12.9. The van der Waals surface area contributed by atoms with Crippen LogP contribution < -0.4 is 0 Å². The molecule has 30 heavy (non-hydrogen) atoms. The first-order valence-corrected chi connectivity index (χ1v) is 14.2. The van der Waals surface area contributed by atoms with E-state index in [2.05, 4.69) is 0 Å².